The second-order valence-corrected chi connectivity index (χ2v) is 5.44. The molecule has 2 aromatic rings. The summed E-state index contributed by atoms with van der Waals surface area (Å²) in [6.45, 7) is 2.57. The van der Waals surface area contributed by atoms with Gasteiger partial charge >= 0.3 is 6.03 Å². The first-order valence-electron chi connectivity index (χ1n) is 7.90. The Balaban J connectivity index is 1.66. The number of hydrogen-bond donors (Lipinski definition) is 3. The second-order valence-electron chi connectivity index (χ2n) is 5.44. The zero-order chi connectivity index (χ0) is 17.2. The van der Waals surface area contributed by atoms with Crippen molar-refractivity contribution in [3.05, 3.63) is 66.0 Å². The first-order valence-corrected chi connectivity index (χ1v) is 7.90. The number of carbonyl (C=O) groups excluding carboxylic acids is 2. The van der Waals surface area contributed by atoms with E-state index in [1.165, 1.54) is 0 Å². The van der Waals surface area contributed by atoms with Crippen LogP contribution < -0.4 is 16.0 Å². The van der Waals surface area contributed by atoms with E-state index in [0.29, 0.717) is 19.5 Å². The highest BCUT2D eigenvalue weighted by atomic mass is 16.2. The highest BCUT2D eigenvalue weighted by Gasteiger charge is 2.14. The monoisotopic (exact) mass is 326 g/mol. The van der Waals surface area contributed by atoms with Crippen molar-refractivity contribution in [1.82, 2.24) is 20.9 Å². The van der Waals surface area contributed by atoms with Crippen LogP contribution in [0, 0.1) is 0 Å². The smallest absolute Gasteiger partial charge is 0.315 e. The highest BCUT2D eigenvalue weighted by molar-refractivity contribution is 5.86. The van der Waals surface area contributed by atoms with Crippen LogP contribution in [0.5, 0.6) is 0 Å². The van der Waals surface area contributed by atoms with Crippen LogP contribution in [0.3, 0.4) is 0 Å². The van der Waals surface area contributed by atoms with Crippen molar-refractivity contribution in [3.63, 3.8) is 0 Å². The predicted octanol–water partition coefficient (Wildman–Crippen LogP) is 1.63. The van der Waals surface area contributed by atoms with Crippen molar-refractivity contribution >= 4 is 11.9 Å². The number of nitrogens with one attached hydrogen (secondary N) is 3. The number of hydrogen-bond acceptors (Lipinski definition) is 3. The Bertz CT molecular complexity index is 647. The van der Waals surface area contributed by atoms with Crippen molar-refractivity contribution in [3.8, 4) is 0 Å². The molecule has 0 saturated carbocycles. The van der Waals surface area contributed by atoms with Gasteiger partial charge in [-0.3, -0.25) is 9.78 Å². The van der Waals surface area contributed by atoms with Crippen LogP contribution >= 0.6 is 0 Å². The standard InChI is InChI=1S/C18H22N4O2/c1-14(17(23)21-13-15-6-3-2-4-7-15)22-18(24)20-11-9-16-8-5-10-19-12-16/h2-8,10,12,14H,9,11,13H2,1H3,(H,21,23)(H2,20,22,24)/t14-/m1/s1. The lowest BCUT2D eigenvalue weighted by molar-refractivity contribution is -0.122. The summed E-state index contributed by atoms with van der Waals surface area (Å²) in [7, 11) is 0. The molecule has 0 fully saturated rings. The van der Waals surface area contributed by atoms with Crippen LogP contribution in [0.25, 0.3) is 0 Å². The number of nitrogens with zero attached hydrogens (tertiary/aromatic N) is 1. The van der Waals surface area contributed by atoms with Gasteiger partial charge in [-0.05, 0) is 30.5 Å². The molecule has 0 unspecified atom stereocenters. The van der Waals surface area contributed by atoms with Gasteiger partial charge in [0.2, 0.25) is 5.91 Å². The predicted molar refractivity (Wildman–Crippen MR) is 92.2 cm³/mol. The lowest BCUT2D eigenvalue weighted by Gasteiger charge is -2.15. The van der Waals surface area contributed by atoms with E-state index < -0.39 is 6.04 Å². The molecule has 0 aliphatic heterocycles. The van der Waals surface area contributed by atoms with E-state index in [4.69, 9.17) is 0 Å². The summed E-state index contributed by atoms with van der Waals surface area (Å²) >= 11 is 0. The summed E-state index contributed by atoms with van der Waals surface area (Å²) in [5.41, 5.74) is 2.06. The van der Waals surface area contributed by atoms with Gasteiger partial charge in [0, 0.05) is 25.5 Å². The Morgan fingerprint density at radius 3 is 2.50 bits per heavy atom. The summed E-state index contributed by atoms with van der Waals surface area (Å²) in [6.07, 6.45) is 4.16. The van der Waals surface area contributed by atoms with Crippen molar-refractivity contribution in [2.45, 2.75) is 25.9 Å². The third-order valence-corrected chi connectivity index (χ3v) is 3.47. The SMILES string of the molecule is C[C@@H](NC(=O)NCCc1cccnc1)C(=O)NCc1ccccc1. The third-order valence-electron chi connectivity index (χ3n) is 3.47. The number of aromatic nitrogens is 1. The van der Waals surface area contributed by atoms with Gasteiger partial charge in [-0.1, -0.05) is 36.4 Å². The molecule has 0 saturated heterocycles. The van der Waals surface area contributed by atoms with Gasteiger partial charge in [0.15, 0.2) is 0 Å². The van der Waals surface area contributed by atoms with Crippen LogP contribution in [0.15, 0.2) is 54.9 Å². The first-order chi connectivity index (χ1) is 11.6. The van der Waals surface area contributed by atoms with Gasteiger partial charge in [-0.25, -0.2) is 4.79 Å². The number of rotatable bonds is 7. The van der Waals surface area contributed by atoms with E-state index in [9.17, 15) is 9.59 Å². The van der Waals surface area contributed by atoms with Crippen LogP contribution in [0.4, 0.5) is 4.79 Å². The van der Waals surface area contributed by atoms with E-state index in [1.54, 1.807) is 19.3 Å². The molecule has 0 bridgehead atoms. The summed E-state index contributed by atoms with van der Waals surface area (Å²) in [6, 6.07) is 12.5. The molecule has 1 heterocycles. The fraction of sp³-hybridized carbons (Fsp3) is 0.278. The minimum absolute atomic E-state index is 0.221. The number of amides is 3. The molecule has 0 aliphatic rings. The van der Waals surface area contributed by atoms with Crippen LogP contribution in [-0.4, -0.2) is 29.5 Å². The number of pyridine rings is 1. The molecule has 0 radical (unpaired) electrons. The van der Waals surface area contributed by atoms with Crippen molar-refractivity contribution in [2.75, 3.05) is 6.54 Å². The molecule has 1 aromatic carbocycles. The Morgan fingerprint density at radius 1 is 1.04 bits per heavy atom. The maximum atomic E-state index is 12.0. The molecule has 6 nitrogen and oxygen atoms in total. The molecule has 1 aromatic heterocycles. The molecule has 1 atom stereocenters. The largest absolute Gasteiger partial charge is 0.350 e. The minimum atomic E-state index is -0.605. The number of benzene rings is 1. The zero-order valence-corrected chi connectivity index (χ0v) is 13.7. The lowest BCUT2D eigenvalue weighted by atomic mass is 10.2. The summed E-state index contributed by atoms with van der Waals surface area (Å²) < 4.78 is 0. The first kappa shape index (κ1) is 17.5. The molecule has 6 heteroatoms. The van der Waals surface area contributed by atoms with Crippen molar-refractivity contribution in [2.24, 2.45) is 0 Å². The van der Waals surface area contributed by atoms with Gasteiger partial charge in [0.25, 0.3) is 0 Å². The fourth-order valence-electron chi connectivity index (χ4n) is 2.12. The van der Waals surface area contributed by atoms with Crippen LogP contribution in [0.2, 0.25) is 0 Å². The molecule has 2 rings (SSSR count). The average molecular weight is 326 g/mol. The summed E-state index contributed by atoms with van der Waals surface area (Å²) in [5.74, 6) is -0.221. The molecule has 3 amide bonds. The molecule has 0 aliphatic carbocycles. The van der Waals surface area contributed by atoms with Gasteiger partial charge in [0.1, 0.15) is 6.04 Å². The molecular formula is C18H22N4O2. The number of urea groups is 1. The third kappa shape index (κ3) is 6.08. The summed E-state index contributed by atoms with van der Waals surface area (Å²) in [5, 5.41) is 8.15. The lowest BCUT2D eigenvalue weighted by Crippen LogP contribution is -2.48. The second kappa shape index (κ2) is 9.29. The van der Waals surface area contributed by atoms with E-state index in [2.05, 4.69) is 20.9 Å². The molecular weight excluding hydrogens is 304 g/mol. The van der Waals surface area contributed by atoms with E-state index in [-0.39, 0.29) is 11.9 Å². The van der Waals surface area contributed by atoms with Gasteiger partial charge in [-0.15, -0.1) is 0 Å². The number of carbonyl (C=O) groups is 2. The Labute approximate surface area is 141 Å². The highest BCUT2D eigenvalue weighted by Crippen LogP contribution is 1.98. The maximum Gasteiger partial charge on any atom is 0.315 e. The fourth-order valence-corrected chi connectivity index (χ4v) is 2.12. The van der Waals surface area contributed by atoms with Gasteiger partial charge in [-0.2, -0.15) is 0 Å². The normalized spacial score (nSPS) is 11.4. The van der Waals surface area contributed by atoms with E-state index in [1.807, 2.05) is 42.5 Å². The Hall–Kier alpha value is -2.89. The van der Waals surface area contributed by atoms with Crippen molar-refractivity contribution < 1.29 is 9.59 Å². The van der Waals surface area contributed by atoms with E-state index in [0.717, 1.165) is 11.1 Å². The average Bonchev–Trinajstić information content (AvgIpc) is 2.61. The molecule has 3 N–H and O–H groups in total. The quantitative estimate of drug-likeness (QED) is 0.723. The van der Waals surface area contributed by atoms with Crippen LogP contribution in [-0.2, 0) is 17.8 Å². The van der Waals surface area contributed by atoms with Crippen molar-refractivity contribution in [1.29, 1.82) is 0 Å². The Kier molecular flexibility index (Phi) is 6.76. The molecule has 0 spiro atoms. The zero-order valence-electron chi connectivity index (χ0n) is 13.7. The van der Waals surface area contributed by atoms with Gasteiger partial charge in [0.05, 0.1) is 0 Å². The topological polar surface area (TPSA) is 83.1 Å². The summed E-state index contributed by atoms with van der Waals surface area (Å²) in [4.78, 5) is 27.8. The minimum Gasteiger partial charge on any atom is -0.350 e. The van der Waals surface area contributed by atoms with E-state index >= 15 is 0 Å². The Morgan fingerprint density at radius 2 is 1.79 bits per heavy atom. The molecule has 126 valence electrons. The van der Waals surface area contributed by atoms with Crippen LogP contribution in [0.1, 0.15) is 18.1 Å². The molecule has 24 heavy (non-hydrogen) atoms. The van der Waals surface area contributed by atoms with Gasteiger partial charge < -0.3 is 16.0 Å². The maximum absolute atomic E-state index is 12.0.